The molecule has 0 saturated carbocycles. The van der Waals surface area contributed by atoms with Crippen molar-refractivity contribution in [2.24, 2.45) is 0 Å². The Hall–Kier alpha value is -2.45. The van der Waals surface area contributed by atoms with Crippen molar-refractivity contribution < 1.29 is 4.74 Å². The smallest absolute Gasteiger partial charge is 0.0764 e. The number of nitrogens with zero attached hydrogens (tertiary/aromatic N) is 1. The van der Waals surface area contributed by atoms with Crippen LogP contribution in [0.15, 0.2) is 54.6 Å². The molecule has 0 spiro atoms. The number of pyridine rings is 1. The van der Waals surface area contributed by atoms with Crippen molar-refractivity contribution in [3.8, 4) is 22.4 Å². The lowest BCUT2D eigenvalue weighted by molar-refractivity contribution is 0.135. The predicted molar refractivity (Wildman–Crippen MR) is 86.4 cm³/mol. The summed E-state index contributed by atoms with van der Waals surface area (Å²) < 4.78 is 5.78. The molecule has 106 valence electrons. The molecule has 0 unspecified atom stereocenters. The molecule has 0 amide bonds. The average Bonchev–Trinajstić information content (AvgIpc) is 3.18. The summed E-state index contributed by atoms with van der Waals surface area (Å²) in [5.74, 6) is 0. The van der Waals surface area contributed by atoms with E-state index in [-0.39, 0.29) is 0 Å². The Morgan fingerprint density at radius 1 is 0.818 bits per heavy atom. The quantitative estimate of drug-likeness (QED) is 0.518. The molecular formula is C20H15NO. The zero-order valence-electron chi connectivity index (χ0n) is 12.2. The molecule has 3 aromatic rings. The van der Waals surface area contributed by atoms with E-state index in [2.05, 4.69) is 48.5 Å². The average molecular weight is 285 g/mol. The number of rotatable bonds is 1. The largest absolute Gasteiger partial charge is 0.372 e. The summed E-state index contributed by atoms with van der Waals surface area (Å²) in [5, 5.41) is 0. The van der Waals surface area contributed by atoms with E-state index in [0.29, 0.717) is 13.2 Å². The molecule has 2 aromatic carbocycles. The number of hydrogen-bond acceptors (Lipinski definition) is 2. The van der Waals surface area contributed by atoms with E-state index < -0.39 is 0 Å². The SMILES string of the molecule is c1ccc(-c2nc3c(c4c2COC4)-c2ccccc2C3)cc1. The Kier molecular flexibility index (Phi) is 2.49. The van der Waals surface area contributed by atoms with Crippen LogP contribution in [0.5, 0.6) is 0 Å². The number of hydrogen-bond donors (Lipinski definition) is 0. The van der Waals surface area contributed by atoms with Crippen LogP contribution >= 0.6 is 0 Å². The van der Waals surface area contributed by atoms with Crippen molar-refractivity contribution in [3.63, 3.8) is 0 Å². The van der Waals surface area contributed by atoms with E-state index in [1.807, 2.05) is 6.07 Å². The van der Waals surface area contributed by atoms with Crippen LogP contribution in [-0.2, 0) is 24.4 Å². The highest BCUT2D eigenvalue weighted by molar-refractivity contribution is 5.82. The molecule has 2 heterocycles. The van der Waals surface area contributed by atoms with Crippen LogP contribution in [0.4, 0.5) is 0 Å². The fourth-order valence-electron chi connectivity index (χ4n) is 3.68. The van der Waals surface area contributed by atoms with E-state index in [0.717, 1.165) is 12.1 Å². The fourth-order valence-corrected chi connectivity index (χ4v) is 3.68. The van der Waals surface area contributed by atoms with Gasteiger partial charge in [0.2, 0.25) is 0 Å². The van der Waals surface area contributed by atoms with Crippen molar-refractivity contribution >= 4 is 0 Å². The maximum atomic E-state index is 5.78. The second-order valence-corrected chi connectivity index (χ2v) is 5.93. The molecule has 0 bridgehead atoms. The maximum Gasteiger partial charge on any atom is 0.0764 e. The zero-order valence-corrected chi connectivity index (χ0v) is 12.2. The summed E-state index contributed by atoms with van der Waals surface area (Å²) in [6, 6.07) is 19.1. The van der Waals surface area contributed by atoms with Gasteiger partial charge in [0.05, 0.1) is 24.6 Å². The first-order valence-electron chi connectivity index (χ1n) is 7.68. The minimum atomic E-state index is 0.669. The lowest BCUT2D eigenvalue weighted by atomic mass is 9.96. The molecule has 0 N–H and O–H groups in total. The molecule has 2 aliphatic rings. The van der Waals surface area contributed by atoms with Gasteiger partial charge < -0.3 is 4.74 Å². The van der Waals surface area contributed by atoms with Crippen molar-refractivity contribution in [3.05, 3.63) is 77.0 Å². The molecule has 0 fully saturated rings. The molecule has 22 heavy (non-hydrogen) atoms. The van der Waals surface area contributed by atoms with Gasteiger partial charge in [0.25, 0.3) is 0 Å². The minimum absolute atomic E-state index is 0.669. The Bertz CT molecular complexity index is 884. The van der Waals surface area contributed by atoms with Gasteiger partial charge in [-0.15, -0.1) is 0 Å². The summed E-state index contributed by atoms with van der Waals surface area (Å²) in [6.07, 6.45) is 0.929. The van der Waals surface area contributed by atoms with E-state index in [1.165, 1.54) is 39.1 Å². The fraction of sp³-hybridized carbons (Fsp3) is 0.150. The predicted octanol–water partition coefficient (Wildman–Crippen LogP) is 4.35. The summed E-state index contributed by atoms with van der Waals surface area (Å²) in [5.41, 5.74) is 10.1. The van der Waals surface area contributed by atoms with Crippen LogP contribution < -0.4 is 0 Å². The highest BCUT2D eigenvalue weighted by Crippen LogP contribution is 2.44. The van der Waals surface area contributed by atoms with Crippen molar-refractivity contribution in [2.75, 3.05) is 0 Å². The molecule has 5 rings (SSSR count). The van der Waals surface area contributed by atoms with Gasteiger partial charge in [-0.1, -0.05) is 54.6 Å². The van der Waals surface area contributed by atoms with Crippen LogP contribution in [0.25, 0.3) is 22.4 Å². The van der Waals surface area contributed by atoms with Gasteiger partial charge in [-0.25, -0.2) is 0 Å². The van der Waals surface area contributed by atoms with Gasteiger partial charge in [-0.05, 0) is 16.7 Å². The van der Waals surface area contributed by atoms with Crippen molar-refractivity contribution in [1.29, 1.82) is 0 Å². The highest BCUT2D eigenvalue weighted by Gasteiger charge is 2.29. The highest BCUT2D eigenvalue weighted by atomic mass is 16.5. The number of aromatic nitrogens is 1. The Labute approximate surface area is 129 Å². The number of fused-ring (bicyclic) bond motifs is 5. The summed E-state index contributed by atoms with van der Waals surface area (Å²) in [7, 11) is 0. The molecule has 0 radical (unpaired) electrons. The van der Waals surface area contributed by atoms with E-state index in [9.17, 15) is 0 Å². The van der Waals surface area contributed by atoms with Crippen LogP contribution in [0, 0.1) is 0 Å². The van der Waals surface area contributed by atoms with Gasteiger partial charge in [0.1, 0.15) is 0 Å². The molecule has 0 atom stereocenters. The maximum absolute atomic E-state index is 5.78. The Morgan fingerprint density at radius 2 is 1.59 bits per heavy atom. The molecule has 1 aromatic heterocycles. The third-order valence-corrected chi connectivity index (χ3v) is 4.67. The summed E-state index contributed by atoms with van der Waals surface area (Å²) in [6.45, 7) is 1.37. The van der Waals surface area contributed by atoms with Crippen molar-refractivity contribution in [2.45, 2.75) is 19.6 Å². The zero-order chi connectivity index (χ0) is 14.5. The third-order valence-electron chi connectivity index (χ3n) is 4.67. The monoisotopic (exact) mass is 285 g/mol. The molecule has 2 heteroatoms. The van der Waals surface area contributed by atoms with Crippen LogP contribution in [0.3, 0.4) is 0 Å². The lowest BCUT2D eigenvalue weighted by Crippen LogP contribution is -1.99. The molecule has 1 aliphatic heterocycles. The first-order valence-corrected chi connectivity index (χ1v) is 7.68. The lowest BCUT2D eigenvalue weighted by Gasteiger charge is -2.12. The van der Waals surface area contributed by atoms with Crippen LogP contribution in [-0.4, -0.2) is 4.98 Å². The third kappa shape index (κ3) is 1.62. The van der Waals surface area contributed by atoms with Gasteiger partial charge in [-0.2, -0.15) is 0 Å². The first-order chi connectivity index (χ1) is 10.9. The minimum Gasteiger partial charge on any atom is -0.372 e. The number of benzene rings is 2. The van der Waals surface area contributed by atoms with Gasteiger partial charge >= 0.3 is 0 Å². The van der Waals surface area contributed by atoms with Crippen molar-refractivity contribution in [1.82, 2.24) is 4.98 Å². The van der Waals surface area contributed by atoms with E-state index in [1.54, 1.807) is 0 Å². The van der Waals surface area contributed by atoms with Gasteiger partial charge in [0.15, 0.2) is 0 Å². The molecule has 2 nitrogen and oxygen atoms in total. The Morgan fingerprint density at radius 3 is 2.50 bits per heavy atom. The van der Waals surface area contributed by atoms with Crippen LogP contribution in [0.2, 0.25) is 0 Å². The topological polar surface area (TPSA) is 22.1 Å². The second-order valence-electron chi connectivity index (χ2n) is 5.93. The Balaban J connectivity index is 1.80. The van der Waals surface area contributed by atoms with E-state index in [4.69, 9.17) is 9.72 Å². The second kappa shape index (κ2) is 4.52. The first kappa shape index (κ1) is 12.1. The number of ether oxygens (including phenoxy) is 1. The van der Waals surface area contributed by atoms with Gasteiger partial charge in [-0.3, -0.25) is 4.98 Å². The normalized spacial score (nSPS) is 14.5. The van der Waals surface area contributed by atoms with E-state index >= 15 is 0 Å². The van der Waals surface area contributed by atoms with Gasteiger partial charge in [0, 0.05) is 23.1 Å². The molecule has 1 aliphatic carbocycles. The summed E-state index contributed by atoms with van der Waals surface area (Å²) in [4.78, 5) is 5.03. The van der Waals surface area contributed by atoms with Crippen LogP contribution in [0.1, 0.15) is 22.4 Å². The molecular weight excluding hydrogens is 270 g/mol. The standard InChI is InChI=1S/C20H15NO/c1-2-6-13(7-3-1)20-17-12-22-11-16(17)19-15-9-5-4-8-14(15)10-18(19)21-20/h1-9H,10-12H2. The summed E-state index contributed by atoms with van der Waals surface area (Å²) >= 11 is 0. The molecule has 0 saturated heterocycles.